The molecule has 1 unspecified atom stereocenters. The van der Waals surface area contributed by atoms with Gasteiger partial charge in [0.15, 0.2) is 0 Å². The number of aryl methyl sites for hydroxylation is 1. The second-order valence-electron chi connectivity index (χ2n) is 3.49. The summed E-state index contributed by atoms with van der Waals surface area (Å²) in [7, 11) is 0. The molecule has 80 valence electrons. The Morgan fingerprint density at radius 1 is 1.40 bits per heavy atom. The van der Waals surface area contributed by atoms with Crippen LogP contribution in [0.4, 0.5) is 0 Å². The van der Waals surface area contributed by atoms with Crippen molar-refractivity contribution in [2.24, 2.45) is 0 Å². The molecular formula is C12H17N3. The van der Waals surface area contributed by atoms with Gasteiger partial charge in [0.2, 0.25) is 0 Å². The molecule has 0 aliphatic carbocycles. The summed E-state index contributed by atoms with van der Waals surface area (Å²) in [6.45, 7) is 7.83. The van der Waals surface area contributed by atoms with Crippen molar-refractivity contribution in [3.8, 4) is 6.07 Å². The fraction of sp³-hybridized carbons (Fsp3) is 0.500. The van der Waals surface area contributed by atoms with Crippen LogP contribution in [0.3, 0.4) is 0 Å². The first kappa shape index (κ1) is 11.7. The fourth-order valence-corrected chi connectivity index (χ4v) is 1.60. The molecule has 1 aromatic rings. The van der Waals surface area contributed by atoms with E-state index in [2.05, 4.69) is 29.8 Å². The molecule has 1 rings (SSSR count). The molecule has 0 spiro atoms. The summed E-state index contributed by atoms with van der Waals surface area (Å²) >= 11 is 0. The van der Waals surface area contributed by atoms with Crippen molar-refractivity contribution < 1.29 is 0 Å². The third-order valence-corrected chi connectivity index (χ3v) is 2.55. The van der Waals surface area contributed by atoms with E-state index >= 15 is 0 Å². The molecule has 0 aliphatic heterocycles. The highest BCUT2D eigenvalue weighted by atomic mass is 15.1. The molecule has 0 saturated carbocycles. The second-order valence-corrected chi connectivity index (χ2v) is 3.49. The highest BCUT2D eigenvalue weighted by molar-refractivity contribution is 5.22. The molecular weight excluding hydrogens is 186 g/mol. The summed E-state index contributed by atoms with van der Waals surface area (Å²) in [5, 5.41) is 9.16. The SMILES string of the molecule is CCN(CC)C(C#N)c1ccc(C)nc1. The van der Waals surface area contributed by atoms with Crippen molar-refractivity contribution in [2.45, 2.75) is 26.8 Å². The van der Waals surface area contributed by atoms with Gasteiger partial charge >= 0.3 is 0 Å². The Morgan fingerprint density at radius 3 is 2.47 bits per heavy atom. The molecule has 3 nitrogen and oxygen atoms in total. The second kappa shape index (κ2) is 5.47. The third-order valence-electron chi connectivity index (χ3n) is 2.55. The van der Waals surface area contributed by atoms with E-state index in [0.717, 1.165) is 24.3 Å². The molecule has 0 fully saturated rings. The Bertz CT molecular complexity index is 333. The molecule has 1 heterocycles. The molecule has 0 bridgehead atoms. The number of pyridine rings is 1. The Labute approximate surface area is 91.4 Å². The van der Waals surface area contributed by atoms with Gasteiger partial charge in [-0.2, -0.15) is 5.26 Å². The third kappa shape index (κ3) is 2.77. The minimum Gasteiger partial charge on any atom is -0.285 e. The van der Waals surface area contributed by atoms with Crippen LogP contribution in [0, 0.1) is 18.3 Å². The van der Waals surface area contributed by atoms with Crippen LogP contribution in [0.5, 0.6) is 0 Å². The molecule has 1 aromatic heterocycles. The lowest BCUT2D eigenvalue weighted by Crippen LogP contribution is -2.27. The molecule has 1 atom stereocenters. The highest BCUT2D eigenvalue weighted by Gasteiger charge is 2.16. The summed E-state index contributed by atoms with van der Waals surface area (Å²) < 4.78 is 0. The predicted octanol–water partition coefficient (Wildman–Crippen LogP) is 2.30. The fourth-order valence-electron chi connectivity index (χ4n) is 1.60. The van der Waals surface area contributed by atoms with Gasteiger partial charge in [0, 0.05) is 17.5 Å². The van der Waals surface area contributed by atoms with Crippen molar-refractivity contribution in [3.05, 3.63) is 29.6 Å². The number of rotatable bonds is 4. The molecule has 15 heavy (non-hydrogen) atoms. The normalized spacial score (nSPS) is 12.5. The first-order valence-electron chi connectivity index (χ1n) is 5.29. The monoisotopic (exact) mass is 203 g/mol. The van der Waals surface area contributed by atoms with Gasteiger partial charge in [0.05, 0.1) is 6.07 Å². The van der Waals surface area contributed by atoms with Crippen molar-refractivity contribution in [3.63, 3.8) is 0 Å². The summed E-state index contributed by atoms with van der Waals surface area (Å²) in [4.78, 5) is 6.34. The average Bonchev–Trinajstić information content (AvgIpc) is 2.27. The Hall–Kier alpha value is -1.40. The minimum atomic E-state index is -0.173. The molecule has 0 radical (unpaired) electrons. The molecule has 0 saturated heterocycles. The van der Waals surface area contributed by atoms with Crippen LogP contribution in [0.1, 0.15) is 31.1 Å². The Balaban J connectivity index is 2.92. The van der Waals surface area contributed by atoms with Gasteiger partial charge in [-0.3, -0.25) is 9.88 Å². The van der Waals surface area contributed by atoms with Crippen molar-refractivity contribution in [2.75, 3.05) is 13.1 Å². The quantitative estimate of drug-likeness (QED) is 0.753. The van der Waals surface area contributed by atoms with Crippen LogP contribution < -0.4 is 0 Å². The summed E-state index contributed by atoms with van der Waals surface area (Å²) in [5.74, 6) is 0. The zero-order valence-corrected chi connectivity index (χ0v) is 9.57. The molecule has 0 N–H and O–H groups in total. The summed E-state index contributed by atoms with van der Waals surface area (Å²) in [6, 6.07) is 6.08. The minimum absolute atomic E-state index is 0.173. The van der Waals surface area contributed by atoms with Gasteiger partial charge < -0.3 is 0 Å². The lowest BCUT2D eigenvalue weighted by atomic mass is 10.1. The summed E-state index contributed by atoms with van der Waals surface area (Å²) in [6.07, 6.45) is 1.79. The maximum atomic E-state index is 9.16. The van der Waals surface area contributed by atoms with E-state index in [9.17, 15) is 0 Å². The van der Waals surface area contributed by atoms with Crippen molar-refractivity contribution in [1.82, 2.24) is 9.88 Å². The van der Waals surface area contributed by atoms with Crippen LogP contribution in [0.2, 0.25) is 0 Å². The van der Waals surface area contributed by atoms with E-state index in [1.165, 1.54) is 0 Å². The Kier molecular flexibility index (Phi) is 4.26. The first-order chi connectivity index (χ1) is 7.22. The maximum Gasteiger partial charge on any atom is 0.125 e. The highest BCUT2D eigenvalue weighted by Crippen LogP contribution is 2.18. The van der Waals surface area contributed by atoms with E-state index in [1.54, 1.807) is 6.20 Å². The predicted molar refractivity (Wildman–Crippen MR) is 60.2 cm³/mol. The largest absolute Gasteiger partial charge is 0.285 e. The van der Waals surface area contributed by atoms with Gasteiger partial charge in [-0.1, -0.05) is 19.9 Å². The van der Waals surface area contributed by atoms with E-state index in [-0.39, 0.29) is 6.04 Å². The number of nitriles is 1. The van der Waals surface area contributed by atoms with Crippen LogP contribution >= 0.6 is 0 Å². The average molecular weight is 203 g/mol. The van der Waals surface area contributed by atoms with Gasteiger partial charge in [-0.25, -0.2) is 0 Å². The number of aromatic nitrogens is 1. The lowest BCUT2D eigenvalue weighted by Gasteiger charge is -2.23. The van der Waals surface area contributed by atoms with E-state index in [0.29, 0.717) is 0 Å². The zero-order chi connectivity index (χ0) is 11.3. The zero-order valence-electron chi connectivity index (χ0n) is 9.57. The van der Waals surface area contributed by atoms with Crippen LogP contribution in [0.25, 0.3) is 0 Å². The van der Waals surface area contributed by atoms with Gasteiger partial charge in [0.25, 0.3) is 0 Å². The number of hydrogen-bond donors (Lipinski definition) is 0. The van der Waals surface area contributed by atoms with Crippen molar-refractivity contribution >= 4 is 0 Å². The smallest absolute Gasteiger partial charge is 0.125 e. The van der Waals surface area contributed by atoms with Gasteiger partial charge in [0.1, 0.15) is 6.04 Å². The van der Waals surface area contributed by atoms with Gasteiger partial charge in [-0.05, 0) is 26.1 Å². The van der Waals surface area contributed by atoms with Crippen LogP contribution in [-0.4, -0.2) is 23.0 Å². The standard InChI is InChI=1S/C12H17N3/c1-4-15(5-2)12(8-13)11-7-6-10(3)14-9-11/h6-7,9,12H,4-5H2,1-3H3. The number of nitrogens with zero attached hydrogens (tertiary/aromatic N) is 3. The molecule has 0 amide bonds. The maximum absolute atomic E-state index is 9.16. The van der Waals surface area contributed by atoms with Crippen LogP contribution in [0.15, 0.2) is 18.3 Å². The van der Waals surface area contributed by atoms with Gasteiger partial charge in [-0.15, -0.1) is 0 Å². The molecule has 3 heteroatoms. The number of hydrogen-bond acceptors (Lipinski definition) is 3. The lowest BCUT2D eigenvalue weighted by molar-refractivity contribution is 0.262. The van der Waals surface area contributed by atoms with E-state index in [4.69, 9.17) is 5.26 Å². The van der Waals surface area contributed by atoms with Crippen molar-refractivity contribution in [1.29, 1.82) is 5.26 Å². The topological polar surface area (TPSA) is 39.9 Å². The van der Waals surface area contributed by atoms with Crippen LogP contribution in [-0.2, 0) is 0 Å². The Morgan fingerprint density at radius 2 is 2.07 bits per heavy atom. The summed E-state index contributed by atoms with van der Waals surface area (Å²) in [5.41, 5.74) is 1.96. The van der Waals surface area contributed by atoms with E-state index < -0.39 is 0 Å². The van der Waals surface area contributed by atoms with E-state index in [1.807, 2.05) is 19.1 Å². The molecule has 0 aromatic carbocycles. The first-order valence-corrected chi connectivity index (χ1v) is 5.29. The molecule has 0 aliphatic rings.